The van der Waals surface area contributed by atoms with Crippen LogP contribution >= 0.6 is 0 Å². The van der Waals surface area contributed by atoms with Crippen molar-refractivity contribution < 1.29 is 30.6 Å². The number of nitrogens with zero attached hydrogens (tertiary/aromatic N) is 1. The van der Waals surface area contributed by atoms with Crippen molar-refractivity contribution in [2.75, 3.05) is 6.61 Å². The first kappa shape index (κ1) is 41.8. The van der Waals surface area contributed by atoms with Gasteiger partial charge in [0.1, 0.15) is 0 Å². The molecule has 0 aliphatic rings. The van der Waals surface area contributed by atoms with Crippen molar-refractivity contribution in [1.29, 1.82) is 0 Å². The van der Waals surface area contributed by atoms with E-state index in [0.29, 0.717) is 0 Å². The molecule has 8 aromatic rings. The van der Waals surface area contributed by atoms with E-state index in [1.807, 2.05) is 0 Å². The first-order valence-corrected chi connectivity index (χ1v) is 19.0. The average Bonchev–Trinajstić information content (AvgIpc) is 3.92. The molecule has 55 heavy (non-hydrogen) atoms. The van der Waals surface area contributed by atoms with Gasteiger partial charge in [0, 0.05) is 35.5 Å². The zero-order valence-electron chi connectivity index (χ0n) is 33.5. The molecule has 0 bridgehead atoms. The summed E-state index contributed by atoms with van der Waals surface area (Å²) < 4.78 is 8.23. The Hall–Kier alpha value is -4.31. The first-order valence-electron chi connectivity index (χ1n) is 19.0. The standard InChI is InChI=1S/C50H49NO.2CH3.Hf/c1-49(2,3)52-34-15-6-5-8-17-36-26-29-40(30-27-36)50(39-20-11-12-21-39,38-18-9-7-10-19-38)46-32-31-42-41(23-16-24-43(42)46)37-28-33-48-45(35-37)44-22-13-14-25-47(44)51(48)4;;;/h7,9-14,16,18-33,35H,5-6,8,15,17,34H2,1-4H3;2*1H3;/q-2;2*-1;+4. The number of para-hydroxylation sites is 1. The molecule has 3 heteroatoms. The van der Waals surface area contributed by atoms with Gasteiger partial charge >= 0.3 is 25.8 Å². The quantitative estimate of drug-likeness (QED) is 0.0677. The van der Waals surface area contributed by atoms with E-state index in [-0.39, 0.29) is 46.3 Å². The van der Waals surface area contributed by atoms with Crippen LogP contribution in [-0.4, -0.2) is 16.8 Å². The van der Waals surface area contributed by atoms with Crippen LogP contribution in [0.4, 0.5) is 0 Å². The van der Waals surface area contributed by atoms with Gasteiger partial charge in [-0.1, -0.05) is 103 Å². The molecule has 0 spiro atoms. The van der Waals surface area contributed by atoms with Gasteiger partial charge in [-0.2, -0.15) is 18.2 Å². The topological polar surface area (TPSA) is 14.2 Å². The number of ether oxygens (including phenoxy) is 1. The van der Waals surface area contributed by atoms with E-state index in [1.54, 1.807) is 0 Å². The van der Waals surface area contributed by atoms with Gasteiger partial charge in [0.25, 0.3) is 0 Å². The first-order chi connectivity index (χ1) is 25.3. The molecule has 0 saturated carbocycles. The Morgan fingerprint density at radius 3 is 2.00 bits per heavy atom. The summed E-state index contributed by atoms with van der Waals surface area (Å²) in [4.78, 5) is 0. The third kappa shape index (κ3) is 8.02. The predicted molar refractivity (Wildman–Crippen MR) is 234 cm³/mol. The van der Waals surface area contributed by atoms with Crippen molar-refractivity contribution in [2.45, 2.75) is 63.9 Å². The third-order valence-corrected chi connectivity index (χ3v) is 11.0. The Balaban J connectivity index is 0.00000193. The molecule has 0 N–H and O–H groups in total. The third-order valence-electron chi connectivity index (χ3n) is 11.0. The van der Waals surface area contributed by atoms with E-state index < -0.39 is 5.41 Å². The Morgan fingerprint density at radius 1 is 0.582 bits per heavy atom. The number of hydrogen-bond donors (Lipinski definition) is 0. The minimum Gasteiger partial charge on any atom is -0.376 e. The molecule has 0 saturated heterocycles. The van der Waals surface area contributed by atoms with Gasteiger partial charge < -0.3 is 24.2 Å². The molecule has 0 amide bonds. The van der Waals surface area contributed by atoms with Crippen LogP contribution in [-0.2, 0) is 49.5 Å². The van der Waals surface area contributed by atoms with Gasteiger partial charge in [0.2, 0.25) is 0 Å². The number of fused-ring (bicyclic) bond motifs is 4. The smallest absolute Gasteiger partial charge is 0.376 e. The summed E-state index contributed by atoms with van der Waals surface area (Å²) in [5, 5.41) is 5.17. The van der Waals surface area contributed by atoms with E-state index in [9.17, 15) is 0 Å². The van der Waals surface area contributed by atoms with Crippen LogP contribution in [0.5, 0.6) is 0 Å². The van der Waals surface area contributed by atoms with Crippen molar-refractivity contribution in [3.8, 4) is 11.1 Å². The summed E-state index contributed by atoms with van der Waals surface area (Å²) in [6.07, 6.45) is 5.86. The molecule has 1 aromatic heterocycles. The van der Waals surface area contributed by atoms with Crippen LogP contribution in [0.2, 0.25) is 0 Å². The van der Waals surface area contributed by atoms with Gasteiger partial charge in [-0.05, 0) is 85.9 Å². The molecule has 0 aliphatic carbocycles. The SMILES string of the molecule is Cn1c2ccccc2c2cc(-c3cccc4c3cc[c-]4C(c3ccccc3)(c3ccc(CCCCCCOC(C)(C)C)cc3)[c-]3cccc3)ccc21.[CH3-].[CH3-].[Hf+4]. The fourth-order valence-corrected chi connectivity index (χ4v) is 8.51. The number of unbranched alkanes of at least 4 members (excludes halogenated alkanes) is 3. The van der Waals surface area contributed by atoms with E-state index in [4.69, 9.17) is 4.74 Å². The normalized spacial score (nSPS) is 12.6. The molecular formula is C52H55HfNO. The van der Waals surface area contributed by atoms with Gasteiger partial charge in [-0.25, -0.2) is 12.1 Å². The Bertz CT molecular complexity index is 2420. The van der Waals surface area contributed by atoms with Gasteiger partial charge in [0.05, 0.1) is 5.60 Å². The minimum absolute atomic E-state index is 0. The zero-order chi connectivity index (χ0) is 35.7. The van der Waals surface area contributed by atoms with Crippen LogP contribution in [0.15, 0.2) is 152 Å². The van der Waals surface area contributed by atoms with E-state index in [1.165, 1.54) is 90.8 Å². The fourth-order valence-electron chi connectivity index (χ4n) is 8.51. The van der Waals surface area contributed by atoms with Gasteiger partial charge in [-0.3, -0.25) is 0 Å². The molecule has 1 unspecified atom stereocenters. The Morgan fingerprint density at radius 2 is 1.25 bits per heavy atom. The molecule has 7 aromatic carbocycles. The van der Waals surface area contributed by atoms with Crippen molar-refractivity contribution in [1.82, 2.24) is 4.57 Å². The second kappa shape index (κ2) is 17.7. The van der Waals surface area contributed by atoms with Gasteiger partial charge in [-0.15, -0.1) is 40.1 Å². The molecule has 1 heterocycles. The van der Waals surface area contributed by atoms with Crippen LogP contribution in [0.3, 0.4) is 0 Å². The van der Waals surface area contributed by atoms with Crippen molar-refractivity contribution >= 4 is 32.6 Å². The van der Waals surface area contributed by atoms with Crippen molar-refractivity contribution in [2.24, 2.45) is 7.05 Å². The molecule has 8 rings (SSSR count). The predicted octanol–water partition coefficient (Wildman–Crippen LogP) is 13.8. The summed E-state index contributed by atoms with van der Waals surface area (Å²) in [6, 6.07) is 56.9. The van der Waals surface area contributed by atoms with Crippen LogP contribution in [0.25, 0.3) is 43.7 Å². The second-order valence-electron chi connectivity index (χ2n) is 15.4. The largest absolute Gasteiger partial charge is 4.00 e. The summed E-state index contributed by atoms with van der Waals surface area (Å²) in [5.74, 6) is 0. The van der Waals surface area contributed by atoms with E-state index in [0.717, 1.165) is 19.4 Å². The van der Waals surface area contributed by atoms with E-state index in [2.05, 4.69) is 184 Å². The van der Waals surface area contributed by atoms with Gasteiger partial charge in [0.15, 0.2) is 0 Å². The number of benzene rings is 5. The summed E-state index contributed by atoms with van der Waals surface area (Å²) in [7, 11) is 2.17. The van der Waals surface area contributed by atoms with Crippen LogP contribution in [0.1, 0.15) is 74.3 Å². The zero-order valence-corrected chi connectivity index (χ0v) is 37.1. The number of aromatic nitrogens is 1. The molecule has 278 valence electrons. The summed E-state index contributed by atoms with van der Waals surface area (Å²) in [6.45, 7) is 7.24. The molecule has 0 radical (unpaired) electrons. The fraction of sp³-hybridized carbons (Fsp3) is 0.231. The maximum Gasteiger partial charge on any atom is 4.00 e. The van der Waals surface area contributed by atoms with Crippen LogP contribution < -0.4 is 0 Å². The van der Waals surface area contributed by atoms with Crippen LogP contribution in [0, 0.1) is 14.9 Å². The van der Waals surface area contributed by atoms with E-state index >= 15 is 0 Å². The maximum absolute atomic E-state index is 5.92. The summed E-state index contributed by atoms with van der Waals surface area (Å²) in [5.41, 5.74) is 11.1. The molecule has 2 nitrogen and oxygen atoms in total. The Labute approximate surface area is 348 Å². The molecule has 0 fully saturated rings. The van der Waals surface area contributed by atoms with Crippen molar-refractivity contribution in [3.05, 3.63) is 194 Å². The minimum atomic E-state index is -0.476. The molecular weight excluding hydrogens is 833 g/mol. The number of rotatable bonds is 12. The summed E-state index contributed by atoms with van der Waals surface area (Å²) >= 11 is 0. The number of hydrogen-bond acceptors (Lipinski definition) is 1. The maximum atomic E-state index is 5.92. The van der Waals surface area contributed by atoms with Crippen molar-refractivity contribution in [3.63, 3.8) is 0 Å². The average molecular weight is 889 g/mol. The second-order valence-corrected chi connectivity index (χ2v) is 15.4. The molecule has 1 atom stereocenters. The Kier molecular flexibility index (Phi) is 13.4. The monoisotopic (exact) mass is 889 g/mol. The number of aryl methyl sites for hydroxylation is 2. The molecule has 0 aliphatic heterocycles.